The summed E-state index contributed by atoms with van der Waals surface area (Å²) in [7, 11) is 0. The third-order valence-corrected chi connectivity index (χ3v) is 4.84. The molecule has 1 unspecified atom stereocenters. The molecule has 0 fully saturated rings. The summed E-state index contributed by atoms with van der Waals surface area (Å²) < 4.78 is 16.5. The zero-order valence-corrected chi connectivity index (χ0v) is 15.9. The van der Waals surface area contributed by atoms with Crippen molar-refractivity contribution >= 4 is 29.3 Å². The standard InChI is InChI=1S/C22H17ClO5/c1-2-26-19(24)12-15-11-17-16-10-14(23)8-9-18(16)28-22(25)20(17)21(27-15)13-6-4-3-5-7-13/h3-10,12,17H,2,11H2,1H3/b15-12+. The van der Waals surface area contributed by atoms with Gasteiger partial charge >= 0.3 is 11.9 Å². The summed E-state index contributed by atoms with van der Waals surface area (Å²) in [4.78, 5) is 24.8. The molecule has 0 radical (unpaired) electrons. The molecule has 4 rings (SSSR count). The van der Waals surface area contributed by atoms with Gasteiger partial charge in [0.15, 0.2) is 0 Å². The summed E-state index contributed by atoms with van der Waals surface area (Å²) in [6, 6.07) is 14.4. The van der Waals surface area contributed by atoms with Crippen LogP contribution >= 0.6 is 11.6 Å². The highest BCUT2D eigenvalue weighted by atomic mass is 35.5. The fourth-order valence-corrected chi connectivity index (χ4v) is 3.62. The number of halogens is 1. The number of ether oxygens (including phenoxy) is 3. The van der Waals surface area contributed by atoms with Crippen LogP contribution in [0.2, 0.25) is 5.02 Å². The molecule has 0 bridgehead atoms. The van der Waals surface area contributed by atoms with Gasteiger partial charge in [0.2, 0.25) is 0 Å². The van der Waals surface area contributed by atoms with Crippen molar-refractivity contribution in [2.45, 2.75) is 19.3 Å². The van der Waals surface area contributed by atoms with Crippen LogP contribution in [0.15, 0.2) is 65.9 Å². The molecule has 6 heteroatoms. The second-order valence-electron chi connectivity index (χ2n) is 6.40. The topological polar surface area (TPSA) is 61.8 Å². The Morgan fingerprint density at radius 3 is 2.75 bits per heavy atom. The van der Waals surface area contributed by atoms with Crippen molar-refractivity contribution in [1.82, 2.24) is 0 Å². The molecule has 0 N–H and O–H groups in total. The molecule has 142 valence electrons. The van der Waals surface area contributed by atoms with Crippen molar-refractivity contribution in [2.24, 2.45) is 0 Å². The SMILES string of the molecule is CCOC(=O)/C=C1\CC2C(=C(c3ccccc3)O1)C(=O)Oc1ccc(Cl)cc12. The molecule has 0 amide bonds. The van der Waals surface area contributed by atoms with E-state index in [1.807, 2.05) is 30.3 Å². The molecular formula is C22H17ClO5. The number of hydrogen-bond donors (Lipinski definition) is 0. The number of benzene rings is 2. The fraction of sp³-hybridized carbons (Fsp3) is 0.182. The first-order chi connectivity index (χ1) is 13.6. The predicted molar refractivity (Wildman–Crippen MR) is 104 cm³/mol. The monoisotopic (exact) mass is 396 g/mol. The third-order valence-electron chi connectivity index (χ3n) is 4.60. The molecule has 5 nitrogen and oxygen atoms in total. The number of esters is 2. The molecule has 2 aliphatic rings. The van der Waals surface area contributed by atoms with Crippen LogP contribution in [0.5, 0.6) is 5.75 Å². The molecule has 2 aliphatic heterocycles. The van der Waals surface area contributed by atoms with Gasteiger partial charge in [0.25, 0.3) is 0 Å². The predicted octanol–water partition coefficient (Wildman–Crippen LogP) is 4.62. The van der Waals surface area contributed by atoms with E-state index in [2.05, 4.69) is 0 Å². The Balaban J connectivity index is 1.88. The van der Waals surface area contributed by atoms with Crippen molar-refractivity contribution in [2.75, 3.05) is 6.61 Å². The van der Waals surface area contributed by atoms with Crippen LogP contribution in [-0.2, 0) is 19.1 Å². The Hall–Kier alpha value is -3.05. The van der Waals surface area contributed by atoms with Crippen LogP contribution in [0.25, 0.3) is 5.76 Å². The Bertz CT molecular complexity index is 1010. The minimum atomic E-state index is -0.488. The Morgan fingerprint density at radius 2 is 2.00 bits per heavy atom. The van der Waals surface area contributed by atoms with E-state index in [9.17, 15) is 9.59 Å². The van der Waals surface area contributed by atoms with Gasteiger partial charge in [-0.05, 0) is 25.1 Å². The quantitative estimate of drug-likeness (QED) is 0.430. The molecular weight excluding hydrogens is 380 g/mol. The van der Waals surface area contributed by atoms with Crippen LogP contribution in [0, 0.1) is 0 Å². The highest BCUT2D eigenvalue weighted by Crippen LogP contribution is 2.48. The van der Waals surface area contributed by atoms with Crippen molar-refractivity contribution < 1.29 is 23.8 Å². The molecule has 0 aliphatic carbocycles. The van der Waals surface area contributed by atoms with Crippen molar-refractivity contribution in [3.8, 4) is 5.75 Å². The average molecular weight is 397 g/mol. The maximum absolute atomic E-state index is 12.8. The third kappa shape index (κ3) is 3.41. The minimum Gasteiger partial charge on any atom is -0.463 e. The Morgan fingerprint density at radius 1 is 1.21 bits per heavy atom. The lowest BCUT2D eigenvalue weighted by molar-refractivity contribution is -0.137. The first-order valence-electron chi connectivity index (χ1n) is 8.93. The molecule has 28 heavy (non-hydrogen) atoms. The fourth-order valence-electron chi connectivity index (χ4n) is 3.44. The Labute approximate surface area is 167 Å². The molecule has 2 aromatic rings. The average Bonchev–Trinajstić information content (AvgIpc) is 2.69. The summed E-state index contributed by atoms with van der Waals surface area (Å²) in [6.45, 7) is 2.00. The Kier molecular flexibility index (Phi) is 4.92. The van der Waals surface area contributed by atoms with Gasteiger partial charge in [0, 0.05) is 28.5 Å². The van der Waals surface area contributed by atoms with E-state index in [0.29, 0.717) is 34.3 Å². The van der Waals surface area contributed by atoms with Gasteiger partial charge in [-0.3, -0.25) is 0 Å². The van der Waals surface area contributed by atoms with Crippen molar-refractivity contribution in [3.63, 3.8) is 0 Å². The maximum Gasteiger partial charge on any atom is 0.343 e. The van der Waals surface area contributed by atoms with Gasteiger partial charge in [-0.15, -0.1) is 0 Å². The lowest BCUT2D eigenvalue weighted by Crippen LogP contribution is -2.28. The summed E-state index contributed by atoms with van der Waals surface area (Å²) in [5.74, 6) is -0.0193. The number of carbonyl (C=O) groups is 2. The summed E-state index contributed by atoms with van der Waals surface area (Å²) in [5.41, 5.74) is 1.93. The van der Waals surface area contributed by atoms with Gasteiger partial charge < -0.3 is 14.2 Å². The summed E-state index contributed by atoms with van der Waals surface area (Å²) >= 11 is 6.18. The highest BCUT2D eigenvalue weighted by molar-refractivity contribution is 6.30. The van der Waals surface area contributed by atoms with Gasteiger partial charge in [0.1, 0.15) is 17.3 Å². The molecule has 0 spiro atoms. The number of fused-ring (bicyclic) bond motifs is 3. The van der Waals surface area contributed by atoms with Gasteiger partial charge in [-0.2, -0.15) is 0 Å². The maximum atomic E-state index is 12.8. The second-order valence-corrected chi connectivity index (χ2v) is 6.84. The lowest BCUT2D eigenvalue weighted by atomic mass is 9.82. The van der Waals surface area contributed by atoms with Crippen LogP contribution < -0.4 is 4.74 Å². The second kappa shape index (κ2) is 7.52. The van der Waals surface area contributed by atoms with E-state index >= 15 is 0 Å². The highest BCUT2D eigenvalue weighted by Gasteiger charge is 2.40. The molecule has 0 saturated carbocycles. The number of allylic oxidation sites excluding steroid dienone is 1. The van der Waals surface area contributed by atoms with Crippen molar-refractivity contribution in [1.29, 1.82) is 0 Å². The van der Waals surface area contributed by atoms with E-state index < -0.39 is 11.9 Å². The molecule has 2 aromatic carbocycles. The number of hydrogen-bond acceptors (Lipinski definition) is 5. The normalized spacial score (nSPS) is 19.4. The van der Waals surface area contributed by atoms with Crippen LogP contribution in [0.4, 0.5) is 0 Å². The number of rotatable bonds is 3. The van der Waals surface area contributed by atoms with Crippen LogP contribution in [-0.4, -0.2) is 18.5 Å². The van der Waals surface area contributed by atoms with Crippen LogP contribution in [0.1, 0.15) is 30.4 Å². The summed E-state index contributed by atoms with van der Waals surface area (Å²) in [6.07, 6.45) is 1.65. The number of carbonyl (C=O) groups excluding carboxylic acids is 2. The van der Waals surface area contributed by atoms with E-state index in [0.717, 1.165) is 11.1 Å². The zero-order valence-electron chi connectivity index (χ0n) is 15.1. The van der Waals surface area contributed by atoms with Gasteiger partial charge in [0.05, 0.1) is 18.3 Å². The van der Waals surface area contributed by atoms with Gasteiger partial charge in [-0.25, -0.2) is 9.59 Å². The smallest absolute Gasteiger partial charge is 0.343 e. The molecule has 2 heterocycles. The van der Waals surface area contributed by atoms with E-state index in [1.165, 1.54) is 6.08 Å². The lowest BCUT2D eigenvalue weighted by Gasteiger charge is -2.33. The molecule has 0 aromatic heterocycles. The van der Waals surface area contributed by atoms with E-state index in [4.69, 9.17) is 25.8 Å². The molecule has 1 atom stereocenters. The summed E-state index contributed by atoms with van der Waals surface area (Å²) in [5, 5.41) is 0.541. The zero-order chi connectivity index (χ0) is 19.7. The first-order valence-corrected chi connectivity index (χ1v) is 9.31. The van der Waals surface area contributed by atoms with Gasteiger partial charge in [-0.1, -0.05) is 41.9 Å². The minimum absolute atomic E-state index is 0.267. The molecule has 0 saturated heterocycles. The van der Waals surface area contributed by atoms with Crippen molar-refractivity contribution in [3.05, 3.63) is 82.1 Å². The van der Waals surface area contributed by atoms with Crippen LogP contribution in [0.3, 0.4) is 0 Å². The largest absolute Gasteiger partial charge is 0.463 e. The first kappa shape index (κ1) is 18.3. The van der Waals surface area contributed by atoms with E-state index in [1.54, 1.807) is 25.1 Å². The van der Waals surface area contributed by atoms with E-state index in [-0.39, 0.29) is 12.5 Å².